The standard InChI is InChI=1S/C7H14N2S2/c1-4-7-8(10-2)5-6-9(7)11-3/h5-7H,4H2,1-3H3. The van der Waals surface area contributed by atoms with Gasteiger partial charge >= 0.3 is 0 Å². The maximum atomic E-state index is 2.27. The van der Waals surface area contributed by atoms with E-state index in [0.717, 1.165) is 6.42 Å². The van der Waals surface area contributed by atoms with Gasteiger partial charge in [-0.1, -0.05) is 30.8 Å². The molecule has 64 valence electrons. The molecule has 0 aliphatic carbocycles. The van der Waals surface area contributed by atoms with E-state index in [2.05, 4.69) is 40.4 Å². The highest BCUT2D eigenvalue weighted by Gasteiger charge is 2.23. The molecule has 0 saturated heterocycles. The zero-order valence-electron chi connectivity index (χ0n) is 7.15. The number of rotatable bonds is 3. The first-order valence-electron chi connectivity index (χ1n) is 3.66. The quantitative estimate of drug-likeness (QED) is 0.630. The normalized spacial score (nSPS) is 18.5. The van der Waals surface area contributed by atoms with Crippen LogP contribution in [0.3, 0.4) is 0 Å². The molecule has 0 bridgehead atoms. The molecule has 0 aromatic rings. The Kier molecular flexibility index (Phi) is 3.45. The van der Waals surface area contributed by atoms with E-state index in [4.69, 9.17) is 0 Å². The van der Waals surface area contributed by atoms with Crippen molar-refractivity contribution in [2.75, 3.05) is 12.5 Å². The fourth-order valence-corrected chi connectivity index (χ4v) is 2.57. The molecule has 1 aliphatic rings. The lowest BCUT2D eigenvalue weighted by molar-refractivity contribution is 0.334. The molecule has 0 unspecified atom stereocenters. The predicted octanol–water partition coefficient (Wildman–Crippen LogP) is 2.37. The van der Waals surface area contributed by atoms with E-state index in [-0.39, 0.29) is 0 Å². The molecule has 0 atom stereocenters. The van der Waals surface area contributed by atoms with Gasteiger partial charge in [0.15, 0.2) is 0 Å². The molecule has 0 radical (unpaired) electrons. The van der Waals surface area contributed by atoms with Crippen molar-refractivity contribution in [1.29, 1.82) is 0 Å². The highest BCUT2D eigenvalue weighted by molar-refractivity contribution is 7.97. The lowest BCUT2D eigenvalue weighted by atomic mass is 10.4. The topological polar surface area (TPSA) is 6.48 Å². The molecule has 1 aliphatic heterocycles. The lowest BCUT2D eigenvalue weighted by Crippen LogP contribution is -2.29. The van der Waals surface area contributed by atoms with Crippen molar-refractivity contribution in [2.24, 2.45) is 0 Å². The Morgan fingerprint density at radius 2 is 1.64 bits per heavy atom. The second-order valence-corrected chi connectivity index (χ2v) is 3.85. The summed E-state index contributed by atoms with van der Waals surface area (Å²) in [5.74, 6) is 0. The van der Waals surface area contributed by atoms with Gasteiger partial charge in [-0.05, 0) is 6.42 Å². The van der Waals surface area contributed by atoms with Crippen molar-refractivity contribution in [3.63, 3.8) is 0 Å². The second-order valence-electron chi connectivity index (χ2n) is 2.27. The van der Waals surface area contributed by atoms with Gasteiger partial charge in [-0.3, -0.25) is 8.61 Å². The summed E-state index contributed by atoms with van der Waals surface area (Å²) in [7, 11) is 0. The Hall–Kier alpha value is 0.0400. The molecule has 4 heteroatoms. The Morgan fingerprint density at radius 1 is 1.18 bits per heavy atom. The summed E-state index contributed by atoms with van der Waals surface area (Å²) < 4.78 is 4.55. The molecule has 0 N–H and O–H groups in total. The maximum Gasteiger partial charge on any atom is 0.121 e. The molecule has 11 heavy (non-hydrogen) atoms. The van der Waals surface area contributed by atoms with Gasteiger partial charge in [-0.2, -0.15) is 0 Å². The minimum absolute atomic E-state index is 0.542. The summed E-state index contributed by atoms with van der Waals surface area (Å²) in [4.78, 5) is 0. The van der Waals surface area contributed by atoms with Gasteiger partial charge in [0.2, 0.25) is 0 Å². The summed E-state index contributed by atoms with van der Waals surface area (Å²) in [5.41, 5.74) is 0. The third kappa shape index (κ3) is 1.79. The summed E-state index contributed by atoms with van der Waals surface area (Å²) in [5, 5.41) is 0. The predicted molar refractivity (Wildman–Crippen MR) is 53.9 cm³/mol. The molecule has 1 rings (SSSR count). The molecule has 2 nitrogen and oxygen atoms in total. The molecule has 0 fully saturated rings. The third-order valence-electron chi connectivity index (χ3n) is 1.73. The van der Waals surface area contributed by atoms with Crippen LogP contribution in [-0.2, 0) is 0 Å². The van der Waals surface area contributed by atoms with Crippen molar-refractivity contribution >= 4 is 23.9 Å². The average Bonchev–Trinajstić information content (AvgIpc) is 2.45. The average molecular weight is 190 g/mol. The summed E-state index contributed by atoms with van der Waals surface area (Å²) in [6.45, 7) is 2.21. The van der Waals surface area contributed by atoms with Crippen molar-refractivity contribution in [2.45, 2.75) is 19.5 Å². The van der Waals surface area contributed by atoms with Crippen LogP contribution < -0.4 is 0 Å². The van der Waals surface area contributed by atoms with Crippen molar-refractivity contribution in [3.05, 3.63) is 12.4 Å². The van der Waals surface area contributed by atoms with E-state index in [0.29, 0.717) is 6.17 Å². The van der Waals surface area contributed by atoms with E-state index in [9.17, 15) is 0 Å². The van der Waals surface area contributed by atoms with Crippen LogP contribution in [0.25, 0.3) is 0 Å². The van der Waals surface area contributed by atoms with Crippen LogP contribution in [0, 0.1) is 0 Å². The van der Waals surface area contributed by atoms with E-state index in [1.165, 1.54) is 0 Å². The van der Waals surface area contributed by atoms with Crippen LogP contribution in [0.15, 0.2) is 12.4 Å². The zero-order chi connectivity index (χ0) is 8.27. The number of hydrogen-bond acceptors (Lipinski definition) is 4. The maximum absolute atomic E-state index is 2.27. The Labute approximate surface area is 77.3 Å². The minimum Gasteiger partial charge on any atom is -0.299 e. The zero-order valence-corrected chi connectivity index (χ0v) is 8.78. The van der Waals surface area contributed by atoms with Gasteiger partial charge in [0, 0.05) is 24.9 Å². The minimum atomic E-state index is 0.542. The van der Waals surface area contributed by atoms with Gasteiger partial charge in [-0.15, -0.1) is 0 Å². The molecule has 0 saturated carbocycles. The van der Waals surface area contributed by atoms with Gasteiger partial charge < -0.3 is 0 Å². The number of hydrogen-bond donors (Lipinski definition) is 0. The molecule has 0 amide bonds. The lowest BCUT2D eigenvalue weighted by Gasteiger charge is -2.27. The van der Waals surface area contributed by atoms with E-state index >= 15 is 0 Å². The molecule has 0 aromatic carbocycles. The van der Waals surface area contributed by atoms with Crippen LogP contribution in [0.1, 0.15) is 13.3 Å². The Morgan fingerprint density at radius 3 is 1.91 bits per heavy atom. The summed E-state index contributed by atoms with van der Waals surface area (Å²) >= 11 is 3.55. The first kappa shape index (κ1) is 9.13. The smallest absolute Gasteiger partial charge is 0.121 e. The first-order valence-corrected chi connectivity index (χ1v) is 6.03. The van der Waals surface area contributed by atoms with Crippen molar-refractivity contribution < 1.29 is 0 Å². The van der Waals surface area contributed by atoms with Crippen LogP contribution >= 0.6 is 23.9 Å². The molecular formula is C7H14N2S2. The van der Waals surface area contributed by atoms with Crippen LogP contribution in [-0.4, -0.2) is 27.3 Å². The van der Waals surface area contributed by atoms with E-state index in [1.54, 1.807) is 23.9 Å². The van der Waals surface area contributed by atoms with Crippen molar-refractivity contribution in [3.8, 4) is 0 Å². The van der Waals surface area contributed by atoms with Crippen LogP contribution in [0.2, 0.25) is 0 Å². The van der Waals surface area contributed by atoms with Crippen molar-refractivity contribution in [1.82, 2.24) is 8.61 Å². The third-order valence-corrected chi connectivity index (χ3v) is 3.31. The van der Waals surface area contributed by atoms with Crippen LogP contribution in [0.4, 0.5) is 0 Å². The number of nitrogens with zero attached hydrogens (tertiary/aromatic N) is 2. The van der Waals surface area contributed by atoms with Gasteiger partial charge in [0.05, 0.1) is 0 Å². The SMILES string of the molecule is CCC1N(SC)C=CN1SC. The monoisotopic (exact) mass is 190 g/mol. The largest absolute Gasteiger partial charge is 0.299 e. The Bertz CT molecular complexity index is 135. The fourth-order valence-electron chi connectivity index (χ4n) is 1.17. The molecular weight excluding hydrogens is 176 g/mol. The summed E-state index contributed by atoms with van der Waals surface area (Å²) in [6.07, 6.45) is 10.2. The Balaban J connectivity index is 2.54. The molecule has 1 heterocycles. The van der Waals surface area contributed by atoms with Crippen LogP contribution in [0.5, 0.6) is 0 Å². The van der Waals surface area contributed by atoms with Gasteiger partial charge in [0.25, 0.3) is 0 Å². The molecule has 0 aromatic heterocycles. The molecule has 0 spiro atoms. The first-order chi connectivity index (χ1) is 5.33. The van der Waals surface area contributed by atoms with Gasteiger partial charge in [0.1, 0.15) is 6.17 Å². The van der Waals surface area contributed by atoms with Gasteiger partial charge in [-0.25, -0.2) is 0 Å². The highest BCUT2D eigenvalue weighted by atomic mass is 32.2. The van der Waals surface area contributed by atoms with E-state index in [1.807, 2.05) is 0 Å². The van der Waals surface area contributed by atoms with E-state index < -0.39 is 0 Å². The fraction of sp³-hybridized carbons (Fsp3) is 0.714. The summed E-state index contributed by atoms with van der Waals surface area (Å²) in [6, 6.07) is 0. The highest BCUT2D eigenvalue weighted by Crippen LogP contribution is 2.28. The second kappa shape index (κ2) is 4.16.